The number of aromatic nitrogens is 1. The van der Waals surface area contributed by atoms with Crippen LogP contribution in [0.2, 0.25) is 0 Å². The van der Waals surface area contributed by atoms with Crippen molar-refractivity contribution in [1.29, 1.82) is 0 Å². The maximum Gasteiger partial charge on any atom is 0.133 e. The summed E-state index contributed by atoms with van der Waals surface area (Å²) in [6, 6.07) is 16.6. The van der Waals surface area contributed by atoms with E-state index in [1.54, 1.807) is 6.26 Å². The van der Waals surface area contributed by atoms with Crippen molar-refractivity contribution >= 4 is 0 Å². The second-order valence-electron chi connectivity index (χ2n) is 4.48. The SMILES string of the molecule is Cc1ccc(C)n1-c1ccc(-c2ccco2)cc1. The Morgan fingerprint density at radius 2 is 1.50 bits per heavy atom. The molecule has 18 heavy (non-hydrogen) atoms. The summed E-state index contributed by atoms with van der Waals surface area (Å²) < 4.78 is 7.63. The number of hydrogen-bond donors (Lipinski definition) is 0. The topological polar surface area (TPSA) is 18.1 Å². The highest BCUT2D eigenvalue weighted by atomic mass is 16.3. The van der Waals surface area contributed by atoms with Gasteiger partial charge < -0.3 is 8.98 Å². The summed E-state index contributed by atoms with van der Waals surface area (Å²) in [5.41, 5.74) is 4.79. The van der Waals surface area contributed by atoms with E-state index >= 15 is 0 Å². The number of furan rings is 1. The Morgan fingerprint density at radius 1 is 0.833 bits per heavy atom. The molecule has 0 atom stereocenters. The van der Waals surface area contributed by atoms with E-state index in [2.05, 4.69) is 54.8 Å². The molecule has 2 heterocycles. The van der Waals surface area contributed by atoms with Gasteiger partial charge in [0.05, 0.1) is 6.26 Å². The highest BCUT2D eigenvalue weighted by Gasteiger charge is 2.05. The van der Waals surface area contributed by atoms with E-state index < -0.39 is 0 Å². The van der Waals surface area contributed by atoms with Gasteiger partial charge >= 0.3 is 0 Å². The molecular weight excluding hydrogens is 222 g/mol. The monoisotopic (exact) mass is 237 g/mol. The molecule has 2 aromatic heterocycles. The zero-order valence-corrected chi connectivity index (χ0v) is 10.6. The van der Waals surface area contributed by atoms with Crippen LogP contribution in [0.15, 0.2) is 59.2 Å². The molecule has 0 amide bonds. The number of hydrogen-bond acceptors (Lipinski definition) is 1. The lowest BCUT2D eigenvalue weighted by Crippen LogP contribution is -1.98. The van der Waals surface area contributed by atoms with Crippen LogP contribution in [0.4, 0.5) is 0 Å². The van der Waals surface area contributed by atoms with Crippen LogP contribution in [0.25, 0.3) is 17.0 Å². The van der Waals surface area contributed by atoms with Crippen LogP contribution in [-0.4, -0.2) is 4.57 Å². The summed E-state index contributed by atoms with van der Waals surface area (Å²) in [6.45, 7) is 4.24. The summed E-state index contributed by atoms with van der Waals surface area (Å²) >= 11 is 0. The van der Waals surface area contributed by atoms with Crippen molar-refractivity contribution in [3.05, 3.63) is 66.2 Å². The first-order valence-electron chi connectivity index (χ1n) is 6.05. The van der Waals surface area contributed by atoms with E-state index in [1.807, 2.05) is 12.1 Å². The molecular formula is C16H15NO. The zero-order valence-electron chi connectivity index (χ0n) is 10.6. The van der Waals surface area contributed by atoms with Crippen LogP contribution in [-0.2, 0) is 0 Å². The van der Waals surface area contributed by atoms with Gasteiger partial charge in [0, 0.05) is 22.6 Å². The lowest BCUT2D eigenvalue weighted by atomic mass is 10.1. The van der Waals surface area contributed by atoms with E-state index in [9.17, 15) is 0 Å². The van der Waals surface area contributed by atoms with Crippen LogP contribution in [0.1, 0.15) is 11.4 Å². The molecule has 0 saturated carbocycles. The Morgan fingerprint density at radius 3 is 2.06 bits per heavy atom. The van der Waals surface area contributed by atoms with Gasteiger partial charge in [-0.2, -0.15) is 0 Å². The smallest absolute Gasteiger partial charge is 0.133 e. The molecule has 2 nitrogen and oxygen atoms in total. The second kappa shape index (κ2) is 4.22. The van der Waals surface area contributed by atoms with Gasteiger partial charge in [-0.1, -0.05) is 0 Å². The summed E-state index contributed by atoms with van der Waals surface area (Å²) in [4.78, 5) is 0. The predicted octanol–water partition coefficient (Wildman–Crippen LogP) is 4.35. The lowest BCUT2D eigenvalue weighted by Gasteiger charge is -2.09. The van der Waals surface area contributed by atoms with E-state index in [0.29, 0.717) is 0 Å². The highest BCUT2D eigenvalue weighted by Crippen LogP contribution is 2.23. The van der Waals surface area contributed by atoms with Gasteiger partial charge in [-0.25, -0.2) is 0 Å². The van der Waals surface area contributed by atoms with Crippen LogP contribution in [0.5, 0.6) is 0 Å². The molecule has 0 bridgehead atoms. The van der Waals surface area contributed by atoms with Gasteiger partial charge in [-0.05, 0) is 62.4 Å². The van der Waals surface area contributed by atoms with Crippen LogP contribution >= 0.6 is 0 Å². The van der Waals surface area contributed by atoms with Gasteiger partial charge in [0.25, 0.3) is 0 Å². The number of aryl methyl sites for hydroxylation is 2. The molecule has 0 fully saturated rings. The fourth-order valence-corrected chi connectivity index (χ4v) is 2.29. The van der Waals surface area contributed by atoms with E-state index in [0.717, 1.165) is 11.3 Å². The molecule has 1 aromatic carbocycles. The largest absolute Gasteiger partial charge is 0.464 e. The Kier molecular flexibility index (Phi) is 2.56. The summed E-state index contributed by atoms with van der Waals surface area (Å²) in [5.74, 6) is 0.905. The van der Waals surface area contributed by atoms with Crippen LogP contribution in [0, 0.1) is 13.8 Å². The number of nitrogens with zero attached hydrogens (tertiary/aromatic N) is 1. The first kappa shape index (κ1) is 10.9. The zero-order chi connectivity index (χ0) is 12.5. The van der Waals surface area contributed by atoms with E-state index in [-0.39, 0.29) is 0 Å². The van der Waals surface area contributed by atoms with Gasteiger partial charge in [-0.15, -0.1) is 0 Å². The van der Waals surface area contributed by atoms with Crippen molar-refractivity contribution in [2.75, 3.05) is 0 Å². The van der Waals surface area contributed by atoms with Crippen molar-refractivity contribution < 1.29 is 4.42 Å². The van der Waals surface area contributed by atoms with Crippen molar-refractivity contribution in [3.8, 4) is 17.0 Å². The predicted molar refractivity (Wildman–Crippen MR) is 72.9 cm³/mol. The molecule has 0 aliphatic heterocycles. The van der Waals surface area contributed by atoms with Crippen molar-refractivity contribution in [1.82, 2.24) is 4.57 Å². The van der Waals surface area contributed by atoms with Crippen LogP contribution < -0.4 is 0 Å². The number of benzene rings is 1. The highest BCUT2D eigenvalue weighted by molar-refractivity contribution is 5.59. The molecule has 0 radical (unpaired) electrons. The maximum absolute atomic E-state index is 5.39. The average molecular weight is 237 g/mol. The van der Waals surface area contributed by atoms with Gasteiger partial charge in [0.1, 0.15) is 5.76 Å². The van der Waals surface area contributed by atoms with Gasteiger partial charge in [0.2, 0.25) is 0 Å². The molecule has 0 unspecified atom stereocenters. The Bertz CT molecular complexity index is 625. The minimum atomic E-state index is 0.905. The first-order valence-corrected chi connectivity index (χ1v) is 6.05. The van der Waals surface area contributed by atoms with Crippen molar-refractivity contribution in [2.24, 2.45) is 0 Å². The standard InChI is InChI=1S/C16H15NO/c1-12-5-6-13(2)17(12)15-9-7-14(8-10-15)16-4-3-11-18-16/h3-11H,1-2H3. The fraction of sp³-hybridized carbons (Fsp3) is 0.125. The van der Waals surface area contributed by atoms with Gasteiger partial charge in [0.15, 0.2) is 0 Å². The van der Waals surface area contributed by atoms with Crippen molar-refractivity contribution in [2.45, 2.75) is 13.8 Å². The second-order valence-corrected chi connectivity index (χ2v) is 4.48. The molecule has 3 aromatic rings. The summed E-state index contributed by atoms with van der Waals surface area (Å²) in [5, 5.41) is 0. The average Bonchev–Trinajstić information content (AvgIpc) is 3.01. The third-order valence-corrected chi connectivity index (χ3v) is 3.20. The molecule has 3 rings (SSSR count). The van der Waals surface area contributed by atoms with E-state index in [1.165, 1.54) is 17.1 Å². The molecule has 0 saturated heterocycles. The molecule has 2 heteroatoms. The third-order valence-electron chi connectivity index (χ3n) is 3.20. The normalized spacial score (nSPS) is 10.8. The first-order chi connectivity index (χ1) is 8.75. The number of rotatable bonds is 2. The van der Waals surface area contributed by atoms with Crippen LogP contribution in [0.3, 0.4) is 0 Å². The molecule has 0 spiro atoms. The lowest BCUT2D eigenvalue weighted by molar-refractivity contribution is 0.582. The van der Waals surface area contributed by atoms with E-state index in [4.69, 9.17) is 4.42 Å². The minimum Gasteiger partial charge on any atom is -0.464 e. The summed E-state index contributed by atoms with van der Waals surface area (Å²) in [7, 11) is 0. The van der Waals surface area contributed by atoms with Crippen molar-refractivity contribution in [3.63, 3.8) is 0 Å². The Balaban J connectivity index is 2.02. The minimum absolute atomic E-state index is 0.905. The summed E-state index contributed by atoms with van der Waals surface area (Å²) in [6.07, 6.45) is 1.70. The quantitative estimate of drug-likeness (QED) is 0.647. The van der Waals surface area contributed by atoms with Gasteiger partial charge in [-0.3, -0.25) is 0 Å². The molecule has 0 aliphatic carbocycles. The molecule has 0 N–H and O–H groups in total. The Hall–Kier alpha value is -2.22. The molecule has 90 valence electrons. The fourth-order valence-electron chi connectivity index (χ4n) is 2.29. The Labute approximate surface area is 106 Å². The third kappa shape index (κ3) is 1.76. The maximum atomic E-state index is 5.39. The molecule has 0 aliphatic rings.